The lowest BCUT2D eigenvalue weighted by Gasteiger charge is -2.16. The van der Waals surface area contributed by atoms with Gasteiger partial charge in [0.05, 0.1) is 16.3 Å². The summed E-state index contributed by atoms with van der Waals surface area (Å²) in [4.78, 5) is 24.1. The molecule has 0 saturated heterocycles. The lowest BCUT2D eigenvalue weighted by Crippen LogP contribution is -2.30. The van der Waals surface area contributed by atoms with E-state index in [0.717, 1.165) is 22.6 Å². The third kappa shape index (κ3) is 4.05. The van der Waals surface area contributed by atoms with E-state index in [1.54, 1.807) is 7.05 Å². The number of benzene rings is 1. The Kier molecular flexibility index (Phi) is 5.11. The summed E-state index contributed by atoms with van der Waals surface area (Å²) in [5.41, 5.74) is 1.10. The minimum atomic E-state index is -0.498. The van der Waals surface area contributed by atoms with Crippen LogP contribution in [0, 0.1) is 17.0 Å². The Balaban J connectivity index is 1.87. The van der Waals surface area contributed by atoms with Gasteiger partial charge in [0.15, 0.2) is 0 Å². The van der Waals surface area contributed by atoms with Gasteiger partial charge in [-0.15, -0.1) is 0 Å². The molecule has 1 aromatic carbocycles. The van der Waals surface area contributed by atoms with Crippen LogP contribution in [-0.4, -0.2) is 35.9 Å². The molecule has 1 heterocycles. The fourth-order valence-electron chi connectivity index (χ4n) is 1.84. The second kappa shape index (κ2) is 7.04. The molecule has 0 bridgehead atoms. The van der Waals surface area contributed by atoms with Crippen LogP contribution in [0.2, 0.25) is 0 Å². The van der Waals surface area contributed by atoms with Crippen molar-refractivity contribution < 1.29 is 14.5 Å². The Morgan fingerprint density at radius 1 is 1.36 bits per heavy atom. The third-order valence-electron chi connectivity index (χ3n) is 3.01. The van der Waals surface area contributed by atoms with Crippen LogP contribution in [-0.2, 0) is 0 Å². The predicted octanol–water partition coefficient (Wildman–Crippen LogP) is 3.12. The van der Waals surface area contributed by atoms with E-state index in [2.05, 4.69) is 0 Å². The number of aryl methyl sites for hydroxylation is 1. The number of ether oxygens (including phenoxy) is 1. The van der Waals surface area contributed by atoms with Gasteiger partial charge in [-0.3, -0.25) is 14.9 Å². The molecule has 2 rings (SSSR count). The molecule has 0 radical (unpaired) electrons. The van der Waals surface area contributed by atoms with E-state index >= 15 is 0 Å². The molecule has 0 aliphatic heterocycles. The van der Waals surface area contributed by atoms with Crippen molar-refractivity contribution in [3.05, 3.63) is 57.0 Å². The molecule has 0 unspecified atom stereocenters. The first kappa shape index (κ1) is 16.0. The fourth-order valence-corrected chi connectivity index (χ4v) is 2.65. The van der Waals surface area contributed by atoms with Gasteiger partial charge in [-0.05, 0) is 30.7 Å². The maximum atomic E-state index is 12.1. The molecule has 0 saturated carbocycles. The summed E-state index contributed by atoms with van der Waals surface area (Å²) in [5.74, 6) is 0.513. The fraction of sp³-hybridized carbons (Fsp3) is 0.267. The Bertz CT molecular complexity index is 684. The van der Waals surface area contributed by atoms with Crippen LogP contribution in [0.3, 0.4) is 0 Å². The van der Waals surface area contributed by atoms with Gasteiger partial charge in [0.25, 0.3) is 5.91 Å². The standard InChI is InChI=1S/C15H16N2O4S/c1-11-4-3-5-12(10-11)21-9-8-16(2)15(18)13-6-7-14(22-13)17(19)20/h3-7,10H,8-9H2,1-2H3. The van der Waals surface area contributed by atoms with Crippen LogP contribution in [0.4, 0.5) is 5.00 Å². The normalized spacial score (nSPS) is 10.3. The molecule has 0 fully saturated rings. The SMILES string of the molecule is Cc1cccc(OCCN(C)C(=O)c2ccc([N+](=O)[O-])s2)c1. The molecular weight excluding hydrogens is 304 g/mol. The molecule has 6 nitrogen and oxygen atoms in total. The van der Waals surface area contributed by atoms with Crippen LogP contribution in [0.25, 0.3) is 0 Å². The zero-order chi connectivity index (χ0) is 16.1. The number of amides is 1. The van der Waals surface area contributed by atoms with E-state index in [0.29, 0.717) is 18.0 Å². The molecular formula is C15H16N2O4S. The molecule has 1 aromatic heterocycles. The highest BCUT2D eigenvalue weighted by molar-refractivity contribution is 7.17. The van der Waals surface area contributed by atoms with Crippen LogP contribution < -0.4 is 4.74 Å². The smallest absolute Gasteiger partial charge is 0.324 e. The highest BCUT2D eigenvalue weighted by atomic mass is 32.1. The van der Waals surface area contributed by atoms with E-state index in [9.17, 15) is 14.9 Å². The zero-order valence-electron chi connectivity index (χ0n) is 12.3. The molecule has 0 atom stereocenters. The van der Waals surface area contributed by atoms with Gasteiger partial charge >= 0.3 is 5.00 Å². The first-order valence-electron chi connectivity index (χ1n) is 6.66. The molecule has 2 aromatic rings. The molecule has 0 N–H and O–H groups in total. The van der Waals surface area contributed by atoms with Crippen molar-refractivity contribution in [2.75, 3.05) is 20.2 Å². The Morgan fingerprint density at radius 3 is 2.77 bits per heavy atom. The lowest BCUT2D eigenvalue weighted by molar-refractivity contribution is -0.380. The maximum Gasteiger partial charge on any atom is 0.324 e. The first-order valence-corrected chi connectivity index (χ1v) is 7.48. The summed E-state index contributed by atoms with van der Waals surface area (Å²) < 4.78 is 5.59. The van der Waals surface area contributed by atoms with Gasteiger partial charge in [0.2, 0.25) is 0 Å². The number of nitrogens with zero attached hydrogens (tertiary/aromatic N) is 2. The van der Waals surface area contributed by atoms with Crippen LogP contribution in [0.1, 0.15) is 15.2 Å². The van der Waals surface area contributed by atoms with Gasteiger partial charge in [-0.25, -0.2) is 0 Å². The van der Waals surface area contributed by atoms with Gasteiger partial charge < -0.3 is 9.64 Å². The highest BCUT2D eigenvalue weighted by Crippen LogP contribution is 2.24. The summed E-state index contributed by atoms with van der Waals surface area (Å²) >= 11 is 0.878. The largest absolute Gasteiger partial charge is 0.492 e. The second-order valence-corrected chi connectivity index (χ2v) is 5.85. The molecule has 0 aliphatic rings. The quantitative estimate of drug-likeness (QED) is 0.605. The minimum Gasteiger partial charge on any atom is -0.492 e. The predicted molar refractivity (Wildman–Crippen MR) is 84.6 cm³/mol. The van der Waals surface area contributed by atoms with Crippen molar-refractivity contribution in [3.63, 3.8) is 0 Å². The van der Waals surface area contributed by atoms with Crippen LogP contribution >= 0.6 is 11.3 Å². The van der Waals surface area contributed by atoms with Crippen LogP contribution in [0.15, 0.2) is 36.4 Å². The van der Waals surface area contributed by atoms with Gasteiger partial charge in [0.1, 0.15) is 12.4 Å². The van der Waals surface area contributed by atoms with Crippen molar-refractivity contribution in [1.29, 1.82) is 0 Å². The van der Waals surface area contributed by atoms with E-state index in [-0.39, 0.29) is 10.9 Å². The van der Waals surface area contributed by atoms with Gasteiger partial charge in [-0.1, -0.05) is 23.5 Å². The average molecular weight is 320 g/mol. The Hall–Kier alpha value is -2.41. The third-order valence-corrected chi connectivity index (χ3v) is 4.04. The summed E-state index contributed by atoms with van der Waals surface area (Å²) in [6, 6.07) is 10.5. The number of carbonyl (C=O) groups excluding carboxylic acids is 1. The van der Waals surface area contributed by atoms with Crippen molar-refractivity contribution in [3.8, 4) is 5.75 Å². The van der Waals surface area contributed by atoms with E-state index in [1.165, 1.54) is 17.0 Å². The second-order valence-electron chi connectivity index (χ2n) is 4.79. The number of thiophene rings is 1. The Labute approximate surface area is 132 Å². The molecule has 116 valence electrons. The van der Waals surface area contributed by atoms with Crippen LogP contribution in [0.5, 0.6) is 5.75 Å². The van der Waals surface area contributed by atoms with Crippen molar-refractivity contribution in [2.45, 2.75) is 6.92 Å². The van der Waals surface area contributed by atoms with Crippen molar-refractivity contribution in [1.82, 2.24) is 4.90 Å². The summed E-state index contributed by atoms with van der Waals surface area (Å²) in [6.07, 6.45) is 0. The first-order chi connectivity index (χ1) is 10.5. The molecule has 0 spiro atoms. The molecule has 0 aliphatic carbocycles. The summed E-state index contributed by atoms with van der Waals surface area (Å²) in [7, 11) is 1.65. The van der Waals surface area contributed by atoms with E-state index in [4.69, 9.17) is 4.74 Å². The molecule has 22 heavy (non-hydrogen) atoms. The Morgan fingerprint density at radius 2 is 2.14 bits per heavy atom. The monoisotopic (exact) mass is 320 g/mol. The number of likely N-dealkylation sites (N-methyl/N-ethyl adjacent to an activating group) is 1. The number of nitro groups is 1. The minimum absolute atomic E-state index is 0.0345. The van der Waals surface area contributed by atoms with E-state index in [1.807, 2.05) is 31.2 Å². The number of rotatable bonds is 6. The number of hydrogen-bond acceptors (Lipinski definition) is 5. The number of carbonyl (C=O) groups is 1. The molecule has 7 heteroatoms. The average Bonchev–Trinajstić information content (AvgIpc) is 2.96. The molecule has 1 amide bonds. The van der Waals surface area contributed by atoms with Gasteiger partial charge in [-0.2, -0.15) is 0 Å². The maximum absolute atomic E-state index is 12.1. The highest BCUT2D eigenvalue weighted by Gasteiger charge is 2.18. The number of hydrogen-bond donors (Lipinski definition) is 0. The van der Waals surface area contributed by atoms with Gasteiger partial charge in [0, 0.05) is 13.1 Å². The lowest BCUT2D eigenvalue weighted by atomic mass is 10.2. The van der Waals surface area contributed by atoms with Crippen molar-refractivity contribution >= 4 is 22.2 Å². The van der Waals surface area contributed by atoms with Crippen molar-refractivity contribution in [2.24, 2.45) is 0 Å². The summed E-state index contributed by atoms with van der Waals surface area (Å²) in [5, 5.41) is 10.6. The van der Waals surface area contributed by atoms with E-state index < -0.39 is 4.92 Å². The zero-order valence-corrected chi connectivity index (χ0v) is 13.1. The topological polar surface area (TPSA) is 72.7 Å². The summed E-state index contributed by atoms with van der Waals surface area (Å²) in [6.45, 7) is 2.74.